The normalized spacial score (nSPS) is 20.0. The topological polar surface area (TPSA) is 24.9 Å². The van der Waals surface area contributed by atoms with E-state index in [2.05, 4.69) is 42.7 Å². The van der Waals surface area contributed by atoms with Crippen molar-refractivity contribution in [3.05, 3.63) is 23.8 Å². The second-order valence-corrected chi connectivity index (χ2v) is 7.30. The van der Waals surface area contributed by atoms with Crippen molar-refractivity contribution in [3.8, 4) is 11.5 Å². The lowest BCUT2D eigenvalue weighted by atomic mass is 9.96. The van der Waals surface area contributed by atoms with Crippen molar-refractivity contribution in [2.45, 2.75) is 27.3 Å². The number of fused-ring (bicyclic) bond motifs is 1. The van der Waals surface area contributed by atoms with Crippen molar-refractivity contribution in [1.82, 2.24) is 9.80 Å². The molecule has 116 valence electrons. The van der Waals surface area contributed by atoms with E-state index in [4.69, 9.17) is 9.47 Å². The van der Waals surface area contributed by atoms with Gasteiger partial charge in [0.2, 0.25) is 6.79 Å². The highest BCUT2D eigenvalue weighted by atomic mass is 16.7. The summed E-state index contributed by atoms with van der Waals surface area (Å²) in [6.07, 6.45) is 0. The molecule has 0 bridgehead atoms. The quantitative estimate of drug-likeness (QED) is 0.854. The third kappa shape index (κ3) is 3.89. The molecule has 0 radical (unpaired) electrons. The van der Waals surface area contributed by atoms with Gasteiger partial charge in [0, 0.05) is 39.3 Å². The van der Waals surface area contributed by atoms with Gasteiger partial charge in [-0.3, -0.25) is 4.90 Å². The van der Waals surface area contributed by atoms with Gasteiger partial charge in [0.25, 0.3) is 0 Å². The number of rotatable bonds is 3. The molecule has 0 spiro atoms. The molecular weight excluding hydrogens is 264 g/mol. The van der Waals surface area contributed by atoms with Crippen molar-refractivity contribution < 1.29 is 9.47 Å². The Morgan fingerprint density at radius 1 is 0.952 bits per heavy atom. The summed E-state index contributed by atoms with van der Waals surface area (Å²) in [7, 11) is 0. The number of hydrogen-bond acceptors (Lipinski definition) is 4. The van der Waals surface area contributed by atoms with Gasteiger partial charge in [0.15, 0.2) is 11.5 Å². The van der Waals surface area contributed by atoms with E-state index in [1.807, 2.05) is 6.07 Å². The highest BCUT2D eigenvalue weighted by Gasteiger charge is 2.22. The molecular formula is C17H26N2O2. The van der Waals surface area contributed by atoms with Crippen molar-refractivity contribution in [1.29, 1.82) is 0 Å². The second kappa shape index (κ2) is 5.85. The maximum absolute atomic E-state index is 5.45. The summed E-state index contributed by atoms with van der Waals surface area (Å²) in [4.78, 5) is 5.10. The molecule has 1 saturated heterocycles. The molecule has 1 fully saturated rings. The summed E-state index contributed by atoms with van der Waals surface area (Å²) in [6, 6.07) is 6.28. The molecule has 1 aromatic carbocycles. The average molecular weight is 290 g/mol. The number of nitrogens with zero attached hydrogens (tertiary/aromatic N) is 2. The minimum absolute atomic E-state index is 0.351. The van der Waals surface area contributed by atoms with Gasteiger partial charge in [-0.25, -0.2) is 0 Å². The van der Waals surface area contributed by atoms with Crippen LogP contribution in [0.5, 0.6) is 11.5 Å². The smallest absolute Gasteiger partial charge is 0.231 e. The Morgan fingerprint density at radius 3 is 2.33 bits per heavy atom. The van der Waals surface area contributed by atoms with Crippen LogP contribution in [-0.2, 0) is 6.54 Å². The summed E-state index contributed by atoms with van der Waals surface area (Å²) in [5, 5.41) is 0. The molecule has 0 saturated carbocycles. The van der Waals surface area contributed by atoms with Gasteiger partial charge in [-0.05, 0) is 23.1 Å². The molecule has 2 aliphatic rings. The lowest BCUT2D eigenvalue weighted by Gasteiger charge is -2.37. The molecule has 0 atom stereocenters. The fourth-order valence-electron chi connectivity index (χ4n) is 3.07. The van der Waals surface area contributed by atoms with Gasteiger partial charge in [-0.15, -0.1) is 0 Å². The van der Waals surface area contributed by atoms with E-state index in [-0.39, 0.29) is 0 Å². The van der Waals surface area contributed by atoms with Crippen molar-refractivity contribution in [2.75, 3.05) is 39.5 Å². The number of hydrogen-bond donors (Lipinski definition) is 0. The zero-order valence-electron chi connectivity index (χ0n) is 13.4. The monoisotopic (exact) mass is 290 g/mol. The Morgan fingerprint density at radius 2 is 1.62 bits per heavy atom. The summed E-state index contributed by atoms with van der Waals surface area (Å²) >= 11 is 0. The summed E-state index contributed by atoms with van der Waals surface area (Å²) in [6.45, 7) is 14.1. The lowest BCUT2D eigenvalue weighted by molar-refractivity contribution is 0.0983. The Balaban J connectivity index is 1.51. The van der Waals surface area contributed by atoms with Crippen molar-refractivity contribution >= 4 is 0 Å². The number of benzene rings is 1. The van der Waals surface area contributed by atoms with E-state index in [0.717, 1.165) is 31.1 Å². The van der Waals surface area contributed by atoms with Crippen LogP contribution < -0.4 is 9.47 Å². The zero-order valence-corrected chi connectivity index (χ0v) is 13.4. The molecule has 21 heavy (non-hydrogen) atoms. The van der Waals surface area contributed by atoms with Crippen LogP contribution in [0.15, 0.2) is 18.2 Å². The molecule has 0 aromatic heterocycles. The number of piperazine rings is 1. The van der Waals surface area contributed by atoms with Crippen LogP contribution in [-0.4, -0.2) is 49.3 Å². The van der Waals surface area contributed by atoms with E-state index in [9.17, 15) is 0 Å². The highest BCUT2D eigenvalue weighted by Crippen LogP contribution is 2.32. The first-order valence-corrected chi connectivity index (χ1v) is 7.83. The largest absolute Gasteiger partial charge is 0.454 e. The molecule has 0 N–H and O–H groups in total. The van der Waals surface area contributed by atoms with Crippen LogP contribution in [0.4, 0.5) is 0 Å². The van der Waals surface area contributed by atoms with Gasteiger partial charge in [0.1, 0.15) is 0 Å². The maximum atomic E-state index is 5.45. The van der Waals surface area contributed by atoms with Gasteiger partial charge in [-0.1, -0.05) is 26.8 Å². The fourth-order valence-corrected chi connectivity index (χ4v) is 3.07. The lowest BCUT2D eigenvalue weighted by Crippen LogP contribution is -2.48. The molecule has 2 aliphatic heterocycles. The third-order valence-corrected chi connectivity index (χ3v) is 4.01. The van der Waals surface area contributed by atoms with Gasteiger partial charge >= 0.3 is 0 Å². The molecule has 0 amide bonds. The average Bonchev–Trinajstić information content (AvgIpc) is 2.87. The minimum Gasteiger partial charge on any atom is -0.454 e. The third-order valence-electron chi connectivity index (χ3n) is 4.01. The Hall–Kier alpha value is -1.26. The molecule has 0 unspecified atom stereocenters. The maximum Gasteiger partial charge on any atom is 0.231 e. The summed E-state index contributed by atoms with van der Waals surface area (Å²) in [5.74, 6) is 1.76. The summed E-state index contributed by atoms with van der Waals surface area (Å²) < 4.78 is 10.8. The second-order valence-electron chi connectivity index (χ2n) is 7.30. The van der Waals surface area contributed by atoms with Crippen LogP contribution >= 0.6 is 0 Å². The Labute approximate surface area is 127 Å². The molecule has 1 aromatic rings. The molecule has 3 rings (SSSR count). The Bertz CT molecular complexity index is 488. The van der Waals surface area contributed by atoms with E-state index < -0.39 is 0 Å². The van der Waals surface area contributed by atoms with E-state index >= 15 is 0 Å². The predicted molar refractivity (Wildman–Crippen MR) is 83.7 cm³/mol. The van der Waals surface area contributed by atoms with Crippen molar-refractivity contribution in [2.24, 2.45) is 5.41 Å². The van der Waals surface area contributed by atoms with Crippen molar-refractivity contribution in [3.63, 3.8) is 0 Å². The van der Waals surface area contributed by atoms with E-state index in [0.29, 0.717) is 12.2 Å². The standard InChI is InChI=1S/C17H26N2O2/c1-17(2,3)12-19-8-6-18(7-9-19)11-14-4-5-15-16(10-14)21-13-20-15/h4-5,10H,6-9,11-13H2,1-3H3. The molecule has 4 nitrogen and oxygen atoms in total. The molecule has 4 heteroatoms. The number of ether oxygens (including phenoxy) is 2. The molecule has 2 heterocycles. The first-order chi connectivity index (χ1) is 9.99. The first-order valence-electron chi connectivity index (χ1n) is 7.83. The van der Waals surface area contributed by atoms with Gasteiger partial charge in [-0.2, -0.15) is 0 Å². The van der Waals surface area contributed by atoms with Crippen LogP contribution in [0.2, 0.25) is 0 Å². The van der Waals surface area contributed by atoms with Gasteiger partial charge in [0.05, 0.1) is 0 Å². The van der Waals surface area contributed by atoms with Gasteiger partial charge < -0.3 is 14.4 Å². The zero-order chi connectivity index (χ0) is 14.9. The molecule has 0 aliphatic carbocycles. The van der Waals surface area contributed by atoms with Crippen LogP contribution in [0.1, 0.15) is 26.3 Å². The first kappa shape index (κ1) is 14.7. The highest BCUT2D eigenvalue weighted by molar-refractivity contribution is 5.44. The van der Waals surface area contributed by atoms with Crippen LogP contribution in [0.3, 0.4) is 0 Å². The minimum atomic E-state index is 0.351. The SMILES string of the molecule is CC(C)(C)CN1CCN(Cc2ccc3c(c2)OCO3)CC1. The Kier molecular flexibility index (Phi) is 4.09. The van der Waals surface area contributed by atoms with E-state index in [1.165, 1.54) is 25.2 Å². The fraction of sp³-hybridized carbons (Fsp3) is 0.647. The van der Waals surface area contributed by atoms with E-state index in [1.54, 1.807) is 0 Å². The van der Waals surface area contributed by atoms with Crippen LogP contribution in [0.25, 0.3) is 0 Å². The summed E-state index contributed by atoms with van der Waals surface area (Å²) in [5.41, 5.74) is 1.70. The van der Waals surface area contributed by atoms with Crippen LogP contribution in [0, 0.1) is 5.41 Å². The predicted octanol–water partition coefficient (Wildman–Crippen LogP) is 2.58.